The fraction of sp³-hybridized carbons (Fsp3) is 0.111. The molecule has 7 nitrogen and oxygen atoms in total. The Morgan fingerprint density at radius 1 is 1.19 bits per heavy atom. The molecule has 0 bridgehead atoms. The number of rotatable bonds is 4. The van der Waals surface area contributed by atoms with Crippen molar-refractivity contribution in [1.29, 1.82) is 0 Å². The van der Waals surface area contributed by atoms with E-state index >= 15 is 0 Å². The standard InChI is InChI=1S/C18H15ClN6O/c1-20-18(26)17-21-11-24(23-17)10-14-16(12-5-7-13(19)8-6-12)22-15-4-2-3-9-25(14)15/h2-9,11H,10H2,1H3,(H,20,26). The molecule has 130 valence electrons. The van der Waals surface area contributed by atoms with Crippen molar-refractivity contribution in [1.82, 2.24) is 29.5 Å². The lowest BCUT2D eigenvalue weighted by atomic mass is 10.1. The Bertz CT molecular complexity index is 1080. The first kappa shape index (κ1) is 16.3. The highest BCUT2D eigenvalue weighted by molar-refractivity contribution is 6.30. The molecule has 0 saturated heterocycles. The average molecular weight is 367 g/mol. The van der Waals surface area contributed by atoms with E-state index in [-0.39, 0.29) is 11.7 Å². The number of halogens is 1. The van der Waals surface area contributed by atoms with Crippen LogP contribution in [0.5, 0.6) is 0 Å². The number of carbonyl (C=O) groups excluding carboxylic acids is 1. The van der Waals surface area contributed by atoms with Crippen LogP contribution in [0.15, 0.2) is 55.0 Å². The van der Waals surface area contributed by atoms with Gasteiger partial charge in [-0.05, 0) is 24.3 Å². The Balaban J connectivity index is 1.80. The van der Waals surface area contributed by atoms with E-state index in [4.69, 9.17) is 16.6 Å². The molecule has 0 aliphatic heterocycles. The second-order valence-corrected chi connectivity index (χ2v) is 6.12. The van der Waals surface area contributed by atoms with Gasteiger partial charge in [-0.15, -0.1) is 5.10 Å². The van der Waals surface area contributed by atoms with Gasteiger partial charge in [-0.25, -0.2) is 14.6 Å². The third-order valence-electron chi connectivity index (χ3n) is 4.02. The van der Waals surface area contributed by atoms with Crippen LogP contribution in [-0.4, -0.2) is 37.1 Å². The van der Waals surface area contributed by atoms with Crippen molar-refractivity contribution in [2.24, 2.45) is 0 Å². The predicted octanol–water partition coefficient (Wildman–Crippen LogP) is 2.65. The van der Waals surface area contributed by atoms with Crippen molar-refractivity contribution in [2.45, 2.75) is 6.54 Å². The first-order valence-corrected chi connectivity index (χ1v) is 8.37. The van der Waals surface area contributed by atoms with E-state index < -0.39 is 0 Å². The van der Waals surface area contributed by atoms with Gasteiger partial charge in [0, 0.05) is 23.8 Å². The highest BCUT2D eigenvalue weighted by Gasteiger charge is 2.16. The molecule has 1 N–H and O–H groups in total. The van der Waals surface area contributed by atoms with Gasteiger partial charge in [0.1, 0.15) is 12.0 Å². The molecule has 0 spiro atoms. The number of fused-ring (bicyclic) bond motifs is 1. The van der Waals surface area contributed by atoms with Gasteiger partial charge in [-0.2, -0.15) is 0 Å². The Kier molecular flexibility index (Phi) is 4.14. The molecule has 3 heterocycles. The summed E-state index contributed by atoms with van der Waals surface area (Å²) in [5.74, 6) is -0.186. The van der Waals surface area contributed by atoms with Crippen LogP contribution in [0.2, 0.25) is 5.02 Å². The number of nitrogens with zero attached hydrogens (tertiary/aromatic N) is 5. The quantitative estimate of drug-likeness (QED) is 0.602. The van der Waals surface area contributed by atoms with E-state index in [1.807, 2.05) is 53.1 Å². The SMILES string of the molecule is CNC(=O)c1ncn(Cc2c(-c3ccc(Cl)cc3)nc3ccccn23)n1. The first-order valence-electron chi connectivity index (χ1n) is 7.99. The van der Waals surface area contributed by atoms with E-state index in [2.05, 4.69) is 15.4 Å². The number of hydrogen-bond acceptors (Lipinski definition) is 4. The monoisotopic (exact) mass is 366 g/mol. The third kappa shape index (κ3) is 2.93. The van der Waals surface area contributed by atoms with Gasteiger partial charge in [0.15, 0.2) is 0 Å². The Labute approximate surface area is 154 Å². The molecule has 1 aromatic carbocycles. The van der Waals surface area contributed by atoms with E-state index in [1.165, 1.54) is 0 Å². The number of imidazole rings is 1. The average Bonchev–Trinajstić information content (AvgIpc) is 3.27. The zero-order valence-corrected chi connectivity index (χ0v) is 14.7. The molecule has 0 radical (unpaired) electrons. The van der Waals surface area contributed by atoms with Crippen molar-refractivity contribution in [3.8, 4) is 11.3 Å². The zero-order chi connectivity index (χ0) is 18.1. The van der Waals surface area contributed by atoms with E-state index in [0.29, 0.717) is 11.6 Å². The smallest absolute Gasteiger partial charge is 0.290 e. The number of hydrogen-bond donors (Lipinski definition) is 1. The molecule has 0 unspecified atom stereocenters. The van der Waals surface area contributed by atoms with E-state index in [0.717, 1.165) is 22.6 Å². The normalized spacial score (nSPS) is 11.0. The number of benzene rings is 1. The molecule has 8 heteroatoms. The number of carbonyl (C=O) groups is 1. The molecule has 1 amide bonds. The van der Waals surface area contributed by atoms with E-state index in [9.17, 15) is 4.79 Å². The Morgan fingerprint density at radius 2 is 2.00 bits per heavy atom. The van der Waals surface area contributed by atoms with Crippen LogP contribution in [0.1, 0.15) is 16.3 Å². The summed E-state index contributed by atoms with van der Waals surface area (Å²) in [4.78, 5) is 20.5. The Morgan fingerprint density at radius 3 is 2.77 bits per heavy atom. The summed E-state index contributed by atoms with van der Waals surface area (Å²) in [5, 5.41) is 7.43. The van der Waals surface area contributed by atoms with Crippen LogP contribution < -0.4 is 5.32 Å². The summed E-state index contributed by atoms with van der Waals surface area (Å²) in [7, 11) is 1.55. The van der Waals surface area contributed by atoms with Gasteiger partial charge in [-0.3, -0.25) is 4.79 Å². The lowest BCUT2D eigenvalue weighted by molar-refractivity contribution is 0.0952. The molecule has 0 atom stereocenters. The van der Waals surface area contributed by atoms with Gasteiger partial charge in [0.05, 0.1) is 17.9 Å². The second-order valence-electron chi connectivity index (χ2n) is 5.69. The summed E-state index contributed by atoms with van der Waals surface area (Å²) in [6, 6.07) is 13.4. The number of pyridine rings is 1. The van der Waals surface area contributed by atoms with Crippen molar-refractivity contribution in [2.75, 3.05) is 7.05 Å². The van der Waals surface area contributed by atoms with Gasteiger partial charge < -0.3 is 9.72 Å². The van der Waals surface area contributed by atoms with Crippen molar-refractivity contribution >= 4 is 23.2 Å². The molecule has 26 heavy (non-hydrogen) atoms. The third-order valence-corrected chi connectivity index (χ3v) is 4.28. The molecule has 0 aliphatic rings. The van der Waals surface area contributed by atoms with Crippen LogP contribution >= 0.6 is 11.6 Å². The van der Waals surface area contributed by atoms with Crippen molar-refractivity contribution < 1.29 is 4.79 Å². The van der Waals surface area contributed by atoms with Gasteiger partial charge in [-0.1, -0.05) is 29.8 Å². The van der Waals surface area contributed by atoms with Crippen molar-refractivity contribution in [3.05, 3.63) is 71.5 Å². The topological polar surface area (TPSA) is 77.1 Å². The molecule has 3 aromatic heterocycles. The largest absolute Gasteiger partial charge is 0.352 e. The van der Waals surface area contributed by atoms with Crippen LogP contribution in [0.25, 0.3) is 16.9 Å². The molecule has 4 rings (SSSR count). The first-order chi connectivity index (χ1) is 12.7. The maximum absolute atomic E-state index is 11.7. The number of aromatic nitrogens is 5. The maximum Gasteiger partial charge on any atom is 0.290 e. The molecule has 4 aromatic rings. The summed E-state index contributed by atoms with van der Waals surface area (Å²) >= 11 is 6.01. The van der Waals surface area contributed by atoms with Gasteiger partial charge >= 0.3 is 0 Å². The molecular formula is C18H15ClN6O. The maximum atomic E-state index is 11.7. The summed E-state index contributed by atoms with van der Waals surface area (Å²) in [6.07, 6.45) is 3.49. The van der Waals surface area contributed by atoms with Gasteiger partial charge in [0.2, 0.25) is 5.82 Å². The van der Waals surface area contributed by atoms with Crippen LogP contribution in [0.3, 0.4) is 0 Å². The highest BCUT2D eigenvalue weighted by atomic mass is 35.5. The minimum atomic E-state index is -0.320. The lowest BCUT2D eigenvalue weighted by Gasteiger charge is -2.05. The van der Waals surface area contributed by atoms with Gasteiger partial charge in [0.25, 0.3) is 5.91 Å². The molecule has 0 fully saturated rings. The second kappa shape index (κ2) is 6.61. The zero-order valence-electron chi connectivity index (χ0n) is 13.9. The van der Waals surface area contributed by atoms with Crippen LogP contribution in [-0.2, 0) is 6.54 Å². The summed E-state index contributed by atoms with van der Waals surface area (Å²) < 4.78 is 3.63. The highest BCUT2D eigenvalue weighted by Crippen LogP contribution is 2.26. The van der Waals surface area contributed by atoms with Crippen molar-refractivity contribution in [3.63, 3.8) is 0 Å². The minimum absolute atomic E-state index is 0.134. The number of amides is 1. The van der Waals surface area contributed by atoms with Crippen LogP contribution in [0, 0.1) is 0 Å². The van der Waals surface area contributed by atoms with E-state index in [1.54, 1.807) is 18.1 Å². The Hall–Kier alpha value is -3.19. The fourth-order valence-electron chi connectivity index (χ4n) is 2.78. The predicted molar refractivity (Wildman–Crippen MR) is 98.2 cm³/mol. The molecular weight excluding hydrogens is 352 g/mol. The molecule has 0 aliphatic carbocycles. The summed E-state index contributed by atoms with van der Waals surface area (Å²) in [5.41, 5.74) is 3.57. The number of nitrogens with one attached hydrogen (secondary N) is 1. The lowest BCUT2D eigenvalue weighted by Crippen LogP contribution is -2.19. The summed E-state index contributed by atoms with van der Waals surface area (Å²) in [6.45, 7) is 0.424. The minimum Gasteiger partial charge on any atom is -0.352 e. The molecule has 0 saturated carbocycles. The fourth-order valence-corrected chi connectivity index (χ4v) is 2.90. The van der Waals surface area contributed by atoms with Crippen LogP contribution in [0.4, 0.5) is 0 Å².